The summed E-state index contributed by atoms with van der Waals surface area (Å²) in [4.78, 5) is 0. The molecule has 1 atom stereocenters. The van der Waals surface area contributed by atoms with Crippen LogP contribution in [0, 0.1) is 5.92 Å². The van der Waals surface area contributed by atoms with Crippen LogP contribution in [0.1, 0.15) is 31.7 Å². The Balaban J connectivity index is 2.28. The normalized spacial score (nSPS) is 18.6. The zero-order valence-electron chi connectivity index (χ0n) is 10.7. The lowest BCUT2D eigenvalue weighted by Crippen LogP contribution is -2.22. The Bertz CT molecular complexity index is 394. The minimum absolute atomic E-state index is 0.664. The molecule has 0 spiro atoms. The molecule has 3 nitrogen and oxygen atoms in total. The van der Waals surface area contributed by atoms with Gasteiger partial charge in [-0.15, -0.1) is 0 Å². The Morgan fingerprint density at radius 3 is 2.53 bits per heavy atom. The fraction of sp³-hybridized carbons (Fsp3) is 0.571. The Morgan fingerprint density at radius 1 is 1.29 bits per heavy atom. The highest BCUT2D eigenvalue weighted by molar-refractivity contribution is 5.43. The first kappa shape index (κ1) is 12.2. The van der Waals surface area contributed by atoms with E-state index >= 15 is 0 Å². The van der Waals surface area contributed by atoms with Crippen molar-refractivity contribution >= 4 is 0 Å². The van der Waals surface area contributed by atoms with Crippen LogP contribution in [0.25, 0.3) is 0 Å². The van der Waals surface area contributed by atoms with Crippen molar-refractivity contribution in [2.24, 2.45) is 5.92 Å². The van der Waals surface area contributed by atoms with Crippen LogP contribution in [0.3, 0.4) is 0 Å². The van der Waals surface area contributed by atoms with Crippen molar-refractivity contribution < 1.29 is 14.6 Å². The number of aliphatic hydroxyl groups is 1. The van der Waals surface area contributed by atoms with Gasteiger partial charge in [-0.2, -0.15) is 0 Å². The standard InChI is InChI=1S/C14H20O3/c1-14(15,9-10-4-5-10)12-7-6-11(16-2)8-13(12)17-3/h6-8,10,15H,4-5,9H2,1-3H3. The molecule has 1 aromatic rings. The molecule has 0 heterocycles. The maximum Gasteiger partial charge on any atom is 0.128 e. The van der Waals surface area contributed by atoms with Gasteiger partial charge in [0.2, 0.25) is 0 Å². The van der Waals surface area contributed by atoms with E-state index < -0.39 is 5.60 Å². The average Bonchev–Trinajstić information content (AvgIpc) is 3.11. The molecule has 1 aliphatic rings. The van der Waals surface area contributed by atoms with E-state index in [0.717, 1.165) is 17.7 Å². The van der Waals surface area contributed by atoms with Gasteiger partial charge in [0, 0.05) is 11.6 Å². The second-order valence-electron chi connectivity index (χ2n) is 4.99. The van der Waals surface area contributed by atoms with E-state index in [9.17, 15) is 5.11 Å². The van der Waals surface area contributed by atoms with E-state index in [2.05, 4.69) is 0 Å². The maximum absolute atomic E-state index is 10.6. The molecule has 1 saturated carbocycles. The van der Waals surface area contributed by atoms with E-state index in [1.54, 1.807) is 14.2 Å². The molecule has 1 aliphatic carbocycles. The topological polar surface area (TPSA) is 38.7 Å². The van der Waals surface area contributed by atoms with Crippen molar-refractivity contribution in [1.82, 2.24) is 0 Å². The molecule has 1 N–H and O–H groups in total. The van der Waals surface area contributed by atoms with Gasteiger partial charge >= 0.3 is 0 Å². The van der Waals surface area contributed by atoms with Crippen molar-refractivity contribution in [1.29, 1.82) is 0 Å². The third-order valence-corrected chi connectivity index (χ3v) is 3.37. The predicted octanol–water partition coefficient (Wildman–Crippen LogP) is 2.71. The fourth-order valence-corrected chi connectivity index (χ4v) is 2.24. The van der Waals surface area contributed by atoms with Gasteiger partial charge in [0.1, 0.15) is 11.5 Å². The first-order valence-corrected chi connectivity index (χ1v) is 6.01. The lowest BCUT2D eigenvalue weighted by atomic mass is 9.89. The van der Waals surface area contributed by atoms with Gasteiger partial charge in [0.25, 0.3) is 0 Å². The van der Waals surface area contributed by atoms with Gasteiger partial charge in [0.05, 0.1) is 19.8 Å². The van der Waals surface area contributed by atoms with Crippen molar-refractivity contribution in [3.05, 3.63) is 23.8 Å². The molecular formula is C14H20O3. The monoisotopic (exact) mass is 236 g/mol. The smallest absolute Gasteiger partial charge is 0.128 e. The number of ether oxygens (including phenoxy) is 2. The largest absolute Gasteiger partial charge is 0.497 e. The number of benzene rings is 1. The first-order valence-electron chi connectivity index (χ1n) is 6.01. The van der Waals surface area contributed by atoms with Crippen molar-refractivity contribution in [3.8, 4) is 11.5 Å². The summed E-state index contributed by atoms with van der Waals surface area (Å²) in [6.07, 6.45) is 3.26. The Labute approximate surface area is 102 Å². The second-order valence-corrected chi connectivity index (χ2v) is 4.99. The lowest BCUT2D eigenvalue weighted by molar-refractivity contribution is 0.0393. The average molecular weight is 236 g/mol. The quantitative estimate of drug-likeness (QED) is 0.854. The molecule has 1 unspecified atom stereocenters. The summed E-state index contributed by atoms with van der Waals surface area (Å²) in [6, 6.07) is 5.57. The van der Waals surface area contributed by atoms with Crippen molar-refractivity contribution in [2.75, 3.05) is 14.2 Å². The summed E-state index contributed by atoms with van der Waals surface area (Å²) >= 11 is 0. The Morgan fingerprint density at radius 2 is 2.00 bits per heavy atom. The molecule has 0 aliphatic heterocycles. The number of hydrogen-bond acceptors (Lipinski definition) is 3. The summed E-state index contributed by atoms with van der Waals surface area (Å²) in [5, 5.41) is 10.6. The maximum atomic E-state index is 10.6. The Kier molecular flexibility index (Phi) is 3.29. The Hall–Kier alpha value is -1.22. The molecule has 1 aromatic carbocycles. The van der Waals surface area contributed by atoms with Gasteiger partial charge in [0.15, 0.2) is 0 Å². The summed E-state index contributed by atoms with van der Waals surface area (Å²) in [5.74, 6) is 2.10. The van der Waals surface area contributed by atoms with Crippen molar-refractivity contribution in [3.63, 3.8) is 0 Å². The van der Waals surface area contributed by atoms with E-state index in [-0.39, 0.29) is 0 Å². The van der Waals surface area contributed by atoms with Crippen LogP contribution in [0.15, 0.2) is 18.2 Å². The van der Waals surface area contributed by atoms with E-state index in [1.807, 2.05) is 25.1 Å². The van der Waals surface area contributed by atoms with Crippen LogP contribution < -0.4 is 9.47 Å². The highest BCUT2D eigenvalue weighted by Crippen LogP contribution is 2.43. The molecule has 0 aromatic heterocycles. The molecule has 0 radical (unpaired) electrons. The fourth-order valence-electron chi connectivity index (χ4n) is 2.24. The van der Waals surface area contributed by atoms with Crippen LogP contribution in [-0.4, -0.2) is 19.3 Å². The van der Waals surface area contributed by atoms with Crippen LogP contribution in [0.5, 0.6) is 11.5 Å². The molecule has 1 fully saturated rings. The second kappa shape index (κ2) is 4.57. The molecular weight excluding hydrogens is 216 g/mol. The molecule has 94 valence electrons. The zero-order valence-corrected chi connectivity index (χ0v) is 10.7. The van der Waals surface area contributed by atoms with Gasteiger partial charge in [-0.1, -0.05) is 12.8 Å². The highest BCUT2D eigenvalue weighted by Gasteiger charge is 2.34. The SMILES string of the molecule is COc1ccc(C(C)(O)CC2CC2)c(OC)c1. The van der Waals surface area contributed by atoms with Gasteiger partial charge in [-0.25, -0.2) is 0 Å². The minimum Gasteiger partial charge on any atom is -0.497 e. The summed E-state index contributed by atoms with van der Waals surface area (Å²) < 4.78 is 10.5. The van der Waals surface area contributed by atoms with E-state index in [0.29, 0.717) is 11.7 Å². The predicted molar refractivity (Wildman–Crippen MR) is 66.5 cm³/mol. The third kappa shape index (κ3) is 2.72. The zero-order chi connectivity index (χ0) is 12.5. The van der Waals surface area contributed by atoms with Crippen LogP contribution in [0.4, 0.5) is 0 Å². The van der Waals surface area contributed by atoms with Crippen LogP contribution in [-0.2, 0) is 5.60 Å². The minimum atomic E-state index is -0.821. The van der Waals surface area contributed by atoms with Crippen molar-refractivity contribution in [2.45, 2.75) is 31.8 Å². The van der Waals surface area contributed by atoms with Gasteiger partial charge < -0.3 is 14.6 Å². The number of rotatable bonds is 5. The summed E-state index contributed by atoms with van der Waals surface area (Å²) in [6.45, 7) is 1.86. The van der Waals surface area contributed by atoms with Crippen LogP contribution in [0.2, 0.25) is 0 Å². The number of methoxy groups -OCH3 is 2. The van der Waals surface area contributed by atoms with E-state index in [1.165, 1.54) is 12.8 Å². The lowest BCUT2D eigenvalue weighted by Gasteiger charge is -2.26. The van der Waals surface area contributed by atoms with Gasteiger partial charge in [-0.05, 0) is 31.4 Å². The molecule has 17 heavy (non-hydrogen) atoms. The molecule has 0 saturated heterocycles. The number of hydrogen-bond donors (Lipinski definition) is 1. The van der Waals surface area contributed by atoms with Crippen LogP contribution >= 0.6 is 0 Å². The molecule has 2 rings (SSSR count). The van der Waals surface area contributed by atoms with E-state index in [4.69, 9.17) is 9.47 Å². The summed E-state index contributed by atoms with van der Waals surface area (Å²) in [5.41, 5.74) is 0.0198. The summed E-state index contributed by atoms with van der Waals surface area (Å²) in [7, 11) is 3.24. The van der Waals surface area contributed by atoms with Gasteiger partial charge in [-0.3, -0.25) is 0 Å². The molecule has 0 amide bonds. The first-order chi connectivity index (χ1) is 8.06. The third-order valence-electron chi connectivity index (χ3n) is 3.37. The molecule has 3 heteroatoms. The highest BCUT2D eigenvalue weighted by atomic mass is 16.5. The molecule has 0 bridgehead atoms.